The second-order valence-electron chi connectivity index (χ2n) is 4.80. The molecule has 1 saturated heterocycles. The number of hydrogen-bond acceptors (Lipinski definition) is 3. The summed E-state index contributed by atoms with van der Waals surface area (Å²) in [4.78, 5) is 0. The van der Waals surface area contributed by atoms with Gasteiger partial charge >= 0.3 is 0 Å². The number of nitrogens with two attached hydrogens (primary N) is 1. The molecule has 2 unspecified atom stereocenters. The van der Waals surface area contributed by atoms with Crippen LogP contribution >= 0.6 is 15.9 Å². The third kappa shape index (κ3) is 2.21. The normalized spacial score (nSPS) is 32.0. The summed E-state index contributed by atoms with van der Waals surface area (Å²) in [6, 6.07) is 6.13. The summed E-state index contributed by atoms with van der Waals surface area (Å²) >= 11 is 3.47. The predicted octanol–water partition coefficient (Wildman–Crippen LogP) is 2.64. The number of benzene rings is 1. The van der Waals surface area contributed by atoms with E-state index in [9.17, 15) is 0 Å². The minimum absolute atomic E-state index is 0.0712. The van der Waals surface area contributed by atoms with Gasteiger partial charge in [-0.25, -0.2) is 0 Å². The lowest BCUT2D eigenvalue weighted by atomic mass is 9.90. The molecule has 4 heteroatoms. The van der Waals surface area contributed by atoms with Gasteiger partial charge in [0.2, 0.25) is 0 Å². The average Bonchev–Trinajstić information content (AvgIpc) is 2.83. The van der Waals surface area contributed by atoms with E-state index in [2.05, 4.69) is 22.0 Å². The van der Waals surface area contributed by atoms with Crippen LogP contribution in [-0.2, 0) is 4.74 Å². The van der Waals surface area contributed by atoms with Crippen molar-refractivity contribution in [2.24, 2.45) is 11.7 Å². The molecule has 0 aliphatic carbocycles. The molecule has 1 aromatic rings. The van der Waals surface area contributed by atoms with Crippen LogP contribution in [0, 0.1) is 5.92 Å². The first kappa shape index (κ1) is 11.5. The molecular weight excluding hydrogens is 282 g/mol. The van der Waals surface area contributed by atoms with Crippen molar-refractivity contribution in [2.45, 2.75) is 25.0 Å². The van der Waals surface area contributed by atoms with E-state index in [0.29, 0.717) is 5.92 Å². The summed E-state index contributed by atoms with van der Waals surface area (Å²) in [5.41, 5.74) is 7.34. The SMILES string of the molecule is N[C@@H]1CC(C2CCOC2)Oc2ccc(Br)cc21. The summed E-state index contributed by atoms with van der Waals surface area (Å²) in [5, 5.41) is 0. The molecule has 2 N–H and O–H groups in total. The summed E-state index contributed by atoms with van der Waals surface area (Å²) in [6.07, 6.45) is 2.18. The van der Waals surface area contributed by atoms with Crippen LogP contribution in [0.5, 0.6) is 5.75 Å². The van der Waals surface area contributed by atoms with Crippen LogP contribution in [0.2, 0.25) is 0 Å². The van der Waals surface area contributed by atoms with E-state index in [0.717, 1.165) is 41.8 Å². The van der Waals surface area contributed by atoms with Gasteiger partial charge in [0.1, 0.15) is 11.9 Å². The molecule has 3 rings (SSSR count). The monoisotopic (exact) mass is 297 g/mol. The Bertz CT molecular complexity index is 418. The molecule has 1 fully saturated rings. The fourth-order valence-corrected chi connectivity index (χ4v) is 3.02. The zero-order chi connectivity index (χ0) is 11.8. The van der Waals surface area contributed by atoms with Crippen molar-refractivity contribution in [2.75, 3.05) is 13.2 Å². The molecular formula is C13H16BrNO2. The Morgan fingerprint density at radius 2 is 2.24 bits per heavy atom. The minimum Gasteiger partial charge on any atom is -0.490 e. The Hall–Kier alpha value is -0.580. The minimum atomic E-state index is 0.0712. The summed E-state index contributed by atoms with van der Waals surface area (Å²) in [7, 11) is 0. The fraction of sp³-hybridized carbons (Fsp3) is 0.538. The summed E-state index contributed by atoms with van der Waals surface area (Å²) in [6.45, 7) is 1.66. The molecule has 0 radical (unpaired) electrons. The molecule has 2 aliphatic heterocycles. The number of hydrogen-bond donors (Lipinski definition) is 1. The third-order valence-electron chi connectivity index (χ3n) is 3.63. The molecule has 92 valence electrons. The molecule has 17 heavy (non-hydrogen) atoms. The lowest BCUT2D eigenvalue weighted by Gasteiger charge is -2.33. The Balaban J connectivity index is 1.84. The van der Waals surface area contributed by atoms with Crippen molar-refractivity contribution in [3.8, 4) is 5.75 Å². The first-order chi connectivity index (χ1) is 8.24. The van der Waals surface area contributed by atoms with Crippen molar-refractivity contribution in [1.82, 2.24) is 0 Å². The van der Waals surface area contributed by atoms with E-state index in [1.54, 1.807) is 0 Å². The highest BCUT2D eigenvalue weighted by molar-refractivity contribution is 9.10. The molecule has 2 heterocycles. The van der Waals surface area contributed by atoms with Crippen molar-refractivity contribution >= 4 is 15.9 Å². The molecule has 1 aromatic carbocycles. The highest BCUT2D eigenvalue weighted by Crippen LogP contribution is 2.38. The zero-order valence-corrected chi connectivity index (χ0v) is 11.2. The molecule has 3 atom stereocenters. The van der Waals surface area contributed by atoms with Gasteiger partial charge in [-0.05, 0) is 24.6 Å². The van der Waals surface area contributed by atoms with E-state index < -0.39 is 0 Å². The Morgan fingerprint density at radius 3 is 3.00 bits per heavy atom. The van der Waals surface area contributed by atoms with Gasteiger partial charge in [0.05, 0.1) is 6.61 Å². The highest BCUT2D eigenvalue weighted by Gasteiger charge is 2.33. The highest BCUT2D eigenvalue weighted by atomic mass is 79.9. The van der Waals surface area contributed by atoms with Crippen LogP contribution in [0.25, 0.3) is 0 Å². The zero-order valence-electron chi connectivity index (χ0n) is 9.56. The van der Waals surface area contributed by atoms with E-state index in [1.165, 1.54) is 0 Å². The Kier molecular flexibility index (Phi) is 3.11. The van der Waals surface area contributed by atoms with Gasteiger partial charge in [0.25, 0.3) is 0 Å². The molecule has 2 aliphatic rings. The second kappa shape index (κ2) is 4.59. The Morgan fingerprint density at radius 1 is 1.35 bits per heavy atom. The molecule has 0 bridgehead atoms. The maximum Gasteiger partial charge on any atom is 0.124 e. The van der Waals surface area contributed by atoms with Gasteiger partial charge in [-0.15, -0.1) is 0 Å². The maximum absolute atomic E-state index is 6.23. The van der Waals surface area contributed by atoms with E-state index in [4.69, 9.17) is 15.2 Å². The largest absolute Gasteiger partial charge is 0.490 e. The number of ether oxygens (including phenoxy) is 2. The van der Waals surface area contributed by atoms with Gasteiger partial charge in [0, 0.05) is 35.0 Å². The van der Waals surface area contributed by atoms with Crippen molar-refractivity contribution < 1.29 is 9.47 Å². The Labute approximate surface area is 109 Å². The van der Waals surface area contributed by atoms with Crippen LogP contribution in [0.4, 0.5) is 0 Å². The number of halogens is 1. The van der Waals surface area contributed by atoms with E-state index in [-0.39, 0.29) is 12.1 Å². The van der Waals surface area contributed by atoms with Crippen LogP contribution in [0.1, 0.15) is 24.4 Å². The van der Waals surface area contributed by atoms with Crippen LogP contribution < -0.4 is 10.5 Å². The second-order valence-corrected chi connectivity index (χ2v) is 5.72. The summed E-state index contributed by atoms with van der Waals surface area (Å²) in [5.74, 6) is 1.43. The lowest BCUT2D eigenvalue weighted by molar-refractivity contribution is 0.0854. The number of fused-ring (bicyclic) bond motifs is 1. The van der Waals surface area contributed by atoms with Gasteiger partial charge in [0.15, 0.2) is 0 Å². The maximum atomic E-state index is 6.23. The van der Waals surface area contributed by atoms with Gasteiger partial charge < -0.3 is 15.2 Å². The third-order valence-corrected chi connectivity index (χ3v) is 4.12. The van der Waals surface area contributed by atoms with Crippen LogP contribution in [-0.4, -0.2) is 19.3 Å². The average molecular weight is 298 g/mol. The van der Waals surface area contributed by atoms with Crippen LogP contribution in [0.3, 0.4) is 0 Å². The topological polar surface area (TPSA) is 44.5 Å². The molecule has 3 nitrogen and oxygen atoms in total. The van der Waals surface area contributed by atoms with E-state index in [1.807, 2.05) is 12.1 Å². The molecule has 0 amide bonds. The van der Waals surface area contributed by atoms with Gasteiger partial charge in [-0.1, -0.05) is 15.9 Å². The quantitative estimate of drug-likeness (QED) is 0.867. The first-order valence-corrected chi connectivity index (χ1v) is 6.83. The van der Waals surface area contributed by atoms with Crippen molar-refractivity contribution in [3.63, 3.8) is 0 Å². The van der Waals surface area contributed by atoms with E-state index >= 15 is 0 Å². The predicted molar refractivity (Wildman–Crippen MR) is 69.0 cm³/mol. The van der Waals surface area contributed by atoms with Gasteiger partial charge in [-0.3, -0.25) is 0 Å². The number of rotatable bonds is 1. The van der Waals surface area contributed by atoms with Gasteiger partial charge in [-0.2, -0.15) is 0 Å². The molecule has 0 spiro atoms. The molecule has 0 saturated carbocycles. The van der Waals surface area contributed by atoms with Crippen LogP contribution in [0.15, 0.2) is 22.7 Å². The lowest BCUT2D eigenvalue weighted by Crippen LogP contribution is -2.35. The standard InChI is InChI=1S/C13H16BrNO2/c14-9-1-2-12-10(5-9)11(15)6-13(17-12)8-3-4-16-7-8/h1-2,5,8,11,13H,3-4,6-7,15H2/t8?,11-,13?/m1/s1. The smallest absolute Gasteiger partial charge is 0.124 e. The first-order valence-electron chi connectivity index (χ1n) is 6.03. The summed E-state index contributed by atoms with van der Waals surface area (Å²) < 4.78 is 12.5. The van der Waals surface area contributed by atoms with Crippen molar-refractivity contribution in [1.29, 1.82) is 0 Å². The molecule has 0 aromatic heterocycles. The van der Waals surface area contributed by atoms with Crippen molar-refractivity contribution in [3.05, 3.63) is 28.2 Å². The fourth-order valence-electron chi connectivity index (χ4n) is 2.64.